The Hall–Kier alpha value is -1.39. The molecule has 0 aromatic carbocycles. The average molecular weight is 503 g/mol. The summed E-state index contributed by atoms with van der Waals surface area (Å²) in [5, 5.41) is 0. The third kappa shape index (κ3) is 4.89. The molecule has 4 aliphatic rings. The van der Waals surface area contributed by atoms with E-state index in [1.807, 2.05) is 0 Å². The third-order valence-electron chi connectivity index (χ3n) is 11.3. The SMILES string of the molecule is CC(=O)O[C@H]1C[C@H](OC(C)=O)[C@@]2(C)[C@H](C1)C(=O)C[C@H]1[C@@H]3CC[C@H]([C@H](C)CCCC(C)C)[C@@]3(C)CC[C@@H]12. The third-order valence-corrected chi connectivity index (χ3v) is 11.3. The predicted octanol–water partition coefficient (Wildman–Crippen LogP) is 6.76. The van der Waals surface area contributed by atoms with Gasteiger partial charge in [0.25, 0.3) is 0 Å². The molecule has 0 radical (unpaired) electrons. The lowest BCUT2D eigenvalue weighted by atomic mass is 9.43. The predicted molar refractivity (Wildman–Crippen MR) is 140 cm³/mol. The molecule has 5 nitrogen and oxygen atoms in total. The second-order valence-electron chi connectivity index (χ2n) is 13.8. The normalized spacial score (nSPS) is 42.8. The van der Waals surface area contributed by atoms with Gasteiger partial charge in [0.2, 0.25) is 0 Å². The molecule has 204 valence electrons. The zero-order chi connectivity index (χ0) is 26.4. The van der Waals surface area contributed by atoms with E-state index < -0.39 is 0 Å². The minimum atomic E-state index is -0.384. The quantitative estimate of drug-likeness (QED) is 0.360. The van der Waals surface area contributed by atoms with Crippen LogP contribution in [0.25, 0.3) is 0 Å². The van der Waals surface area contributed by atoms with Crippen molar-refractivity contribution in [3.8, 4) is 0 Å². The first-order valence-electron chi connectivity index (χ1n) is 14.7. The van der Waals surface area contributed by atoms with E-state index in [9.17, 15) is 14.4 Å². The van der Waals surface area contributed by atoms with Gasteiger partial charge >= 0.3 is 11.9 Å². The lowest BCUT2D eigenvalue weighted by Crippen LogP contribution is -2.63. The highest BCUT2D eigenvalue weighted by Crippen LogP contribution is 2.68. The number of hydrogen-bond donors (Lipinski definition) is 0. The van der Waals surface area contributed by atoms with Crippen LogP contribution >= 0.6 is 0 Å². The fraction of sp³-hybridized carbons (Fsp3) is 0.903. The van der Waals surface area contributed by atoms with Gasteiger partial charge in [0, 0.05) is 38.0 Å². The van der Waals surface area contributed by atoms with Gasteiger partial charge in [-0.25, -0.2) is 0 Å². The number of Topliss-reactive ketones (excluding diaryl/α,β-unsaturated/α-hetero) is 1. The van der Waals surface area contributed by atoms with Gasteiger partial charge in [0.15, 0.2) is 0 Å². The van der Waals surface area contributed by atoms with Crippen molar-refractivity contribution in [3.05, 3.63) is 0 Å². The summed E-state index contributed by atoms with van der Waals surface area (Å²) in [6.45, 7) is 14.7. The maximum Gasteiger partial charge on any atom is 0.302 e. The Labute approximate surface area is 218 Å². The fourth-order valence-electron chi connectivity index (χ4n) is 9.76. The summed E-state index contributed by atoms with van der Waals surface area (Å²) in [4.78, 5) is 37.7. The Balaban J connectivity index is 1.58. The number of rotatable bonds is 7. The van der Waals surface area contributed by atoms with Crippen molar-refractivity contribution in [1.29, 1.82) is 0 Å². The van der Waals surface area contributed by atoms with E-state index in [1.165, 1.54) is 52.4 Å². The number of carbonyl (C=O) groups excluding carboxylic acids is 3. The van der Waals surface area contributed by atoms with E-state index in [-0.39, 0.29) is 35.5 Å². The van der Waals surface area contributed by atoms with Gasteiger partial charge in [-0.1, -0.05) is 53.9 Å². The summed E-state index contributed by atoms with van der Waals surface area (Å²) in [6.07, 6.45) is 9.70. The van der Waals surface area contributed by atoms with Gasteiger partial charge in [-0.2, -0.15) is 0 Å². The Morgan fingerprint density at radius 3 is 2.28 bits per heavy atom. The van der Waals surface area contributed by atoms with Crippen molar-refractivity contribution in [2.75, 3.05) is 0 Å². The van der Waals surface area contributed by atoms with Crippen LogP contribution in [0.1, 0.15) is 113 Å². The second-order valence-corrected chi connectivity index (χ2v) is 13.8. The first-order chi connectivity index (χ1) is 16.9. The van der Waals surface area contributed by atoms with Gasteiger partial charge in [0.05, 0.1) is 0 Å². The molecule has 0 aliphatic heterocycles. The van der Waals surface area contributed by atoms with Crippen LogP contribution in [-0.2, 0) is 23.9 Å². The second kappa shape index (κ2) is 10.4. The number of hydrogen-bond acceptors (Lipinski definition) is 5. The topological polar surface area (TPSA) is 69.7 Å². The Morgan fingerprint density at radius 1 is 0.944 bits per heavy atom. The number of fused-ring (bicyclic) bond motifs is 5. The minimum absolute atomic E-state index is 0.210. The lowest BCUT2D eigenvalue weighted by Gasteiger charge is -2.62. The van der Waals surface area contributed by atoms with Crippen LogP contribution < -0.4 is 0 Å². The summed E-state index contributed by atoms with van der Waals surface area (Å²) in [5.41, 5.74) is -0.0849. The van der Waals surface area contributed by atoms with Crippen molar-refractivity contribution in [2.45, 2.75) is 125 Å². The number of esters is 2. The summed E-state index contributed by atoms with van der Waals surface area (Å²) >= 11 is 0. The van der Waals surface area contributed by atoms with Gasteiger partial charge in [0.1, 0.15) is 18.0 Å². The Kier molecular flexibility index (Phi) is 7.99. The molecule has 0 bridgehead atoms. The number of ketones is 1. The molecule has 4 saturated carbocycles. The molecular formula is C31H50O5. The van der Waals surface area contributed by atoms with E-state index in [2.05, 4.69) is 34.6 Å². The van der Waals surface area contributed by atoms with Crippen molar-refractivity contribution < 1.29 is 23.9 Å². The molecule has 4 fully saturated rings. The first kappa shape index (κ1) is 27.6. The molecule has 4 aliphatic carbocycles. The fourth-order valence-corrected chi connectivity index (χ4v) is 9.76. The van der Waals surface area contributed by atoms with Crippen molar-refractivity contribution in [1.82, 2.24) is 0 Å². The molecule has 0 spiro atoms. The Bertz CT molecular complexity index is 850. The van der Waals surface area contributed by atoms with Crippen LogP contribution in [0.3, 0.4) is 0 Å². The molecule has 5 heteroatoms. The molecule has 0 N–H and O–H groups in total. The average Bonchev–Trinajstić information content (AvgIpc) is 3.12. The molecule has 0 saturated heterocycles. The number of ether oxygens (including phenoxy) is 2. The van der Waals surface area contributed by atoms with Crippen LogP contribution in [0.2, 0.25) is 0 Å². The maximum atomic E-state index is 13.8. The van der Waals surface area contributed by atoms with Crippen molar-refractivity contribution in [3.63, 3.8) is 0 Å². The van der Waals surface area contributed by atoms with Crippen LogP contribution in [0, 0.1) is 52.3 Å². The van der Waals surface area contributed by atoms with E-state index in [1.54, 1.807) is 0 Å². The molecular weight excluding hydrogens is 452 g/mol. The van der Waals surface area contributed by atoms with Crippen molar-refractivity contribution >= 4 is 17.7 Å². The summed E-state index contributed by atoms with van der Waals surface area (Å²) in [5.74, 6) is 2.98. The smallest absolute Gasteiger partial charge is 0.302 e. The first-order valence-corrected chi connectivity index (χ1v) is 14.7. The lowest BCUT2D eigenvalue weighted by molar-refractivity contribution is -0.206. The summed E-state index contributed by atoms with van der Waals surface area (Å²) < 4.78 is 11.5. The zero-order valence-electron chi connectivity index (χ0n) is 23.8. The molecule has 10 atom stereocenters. The van der Waals surface area contributed by atoms with E-state index in [0.29, 0.717) is 48.2 Å². The maximum absolute atomic E-state index is 13.8. The highest BCUT2D eigenvalue weighted by molar-refractivity contribution is 5.84. The number of carbonyl (C=O) groups is 3. The van der Waals surface area contributed by atoms with Crippen LogP contribution in [0.4, 0.5) is 0 Å². The highest BCUT2D eigenvalue weighted by Gasteiger charge is 2.65. The van der Waals surface area contributed by atoms with Gasteiger partial charge in [-0.15, -0.1) is 0 Å². The molecule has 0 aromatic rings. The largest absolute Gasteiger partial charge is 0.462 e. The van der Waals surface area contributed by atoms with Crippen LogP contribution in [-0.4, -0.2) is 29.9 Å². The van der Waals surface area contributed by atoms with E-state index in [0.717, 1.165) is 24.2 Å². The van der Waals surface area contributed by atoms with Gasteiger partial charge in [-0.3, -0.25) is 14.4 Å². The molecule has 0 aromatic heterocycles. The van der Waals surface area contributed by atoms with Gasteiger partial charge < -0.3 is 9.47 Å². The van der Waals surface area contributed by atoms with Crippen molar-refractivity contribution in [2.24, 2.45) is 52.3 Å². The standard InChI is InChI=1S/C31H50O5/c1-18(2)9-8-10-19(3)24-11-12-25-23-17-28(34)27-15-22(35-20(4)32)16-29(36-21(5)33)31(27,7)26(23)13-14-30(24,25)6/h18-19,22-27,29H,8-17H2,1-7H3/t19-,22-,23+,24-,25+,26+,27-,29+,30-,31-/m1/s1. The van der Waals surface area contributed by atoms with Gasteiger partial charge in [-0.05, 0) is 73.0 Å². The minimum Gasteiger partial charge on any atom is -0.462 e. The monoisotopic (exact) mass is 502 g/mol. The molecule has 0 heterocycles. The zero-order valence-corrected chi connectivity index (χ0v) is 23.8. The Morgan fingerprint density at radius 2 is 1.64 bits per heavy atom. The van der Waals surface area contributed by atoms with E-state index >= 15 is 0 Å². The molecule has 0 amide bonds. The summed E-state index contributed by atoms with van der Waals surface area (Å²) in [6, 6.07) is 0. The molecule has 4 rings (SSSR count). The van der Waals surface area contributed by atoms with Crippen LogP contribution in [0.5, 0.6) is 0 Å². The summed E-state index contributed by atoms with van der Waals surface area (Å²) in [7, 11) is 0. The highest BCUT2D eigenvalue weighted by atomic mass is 16.6. The molecule has 36 heavy (non-hydrogen) atoms. The van der Waals surface area contributed by atoms with Crippen LogP contribution in [0.15, 0.2) is 0 Å². The van der Waals surface area contributed by atoms with E-state index in [4.69, 9.17) is 9.47 Å². The molecule has 0 unspecified atom stereocenters.